The molecule has 0 aliphatic heterocycles. The van der Waals surface area contributed by atoms with Crippen LogP contribution in [0.2, 0.25) is 0 Å². The first-order chi connectivity index (χ1) is 10.7. The Morgan fingerprint density at radius 1 is 1.35 bits per heavy atom. The zero-order chi connectivity index (χ0) is 15.8. The molecule has 128 valence electrons. The molecule has 0 amide bonds. The number of furan rings is 1. The second-order valence-electron chi connectivity index (χ2n) is 5.39. The second-order valence-corrected chi connectivity index (χ2v) is 6.76. The molecule has 0 aliphatic carbocycles. The van der Waals surface area contributed by atoms with Gasteiger partial charge in [0.25, 0.3) is 0 Å². The maximum atomic E-state index is 5.35. The van der Waals surface area contributed by atoms with Gasteiger partial charge in [-0.2, -0.15) is 0 Å². The number of thiophene rings is 1. The average Bonchev–Trinajstić information content (AvgIpc) is 3.16. The van der Waals surface area contributed by atoms with Gasteiger partial charge < -0.3 is 15.1 Å². The molecule has 2 rings (SSSR count). The quantitative estimate of drug-likeness (QED) is 0.377. The molecule has 2 aromatic rings. The minimum Gasteiger partial charge on any atom is -0.469 e. The van der Waals surface area contributed by atoms with Gasteiger partial charge in [0.2, 0.25) is 0 Å². The maximum absolute atomic E-state index is 5.35. The molecule has 1 unspecified atom stereocenters. The predicted octanol–water partition coefficient (Wildman–Crippen LogP) is 4.34. The molecule has 0 bridgehead atoms. The van der Waals surface area contributed by atoms with Crippen molar-refractivity contribution < 1.29 is 4.42 Å². The molecule has 0 saturated heterocycles. The Morgan fingerprint density at radius 2 is 2.17 bits per heavy atom. The highest BCUT2D eigenvalue weighted by Gasteiger charge is 2.05. The van der Waals surface area contributed by atoms with Crippen LogP contribution >= 0.6 is 35.3 Å². The van der Waals surface area contributed by atoms with Crippen molar-refractivity contribution in [2.24, 2.45) is 4.99 Å². The molecule has 23 heavy (non-hydrogen) atoms. The van der Waals surface area contributed by atoms with Crippen LogP contribution in [0, 0.1) is 6.92 Å². The number of guanidine groups is 1. The SMILES string of the molecule is CCC(C)NC(=NCc1ccc(C)s1)NCCc1ccco1.I. The van der Waals surface area contributed by atoms with Gasteiger partial charge in [0, 0.05) is 28.8 Å². The Morgan fingerprint density at radius 3 is 2.78 bits per heavy atom. The lowest BCUT2D eigenvalue weighted by molar-refractivity contribution is 0.506. The first-order valence-corrected chi connectivity index (χ1v) is 8.61. The highest BCUT2D eigenvalue weighted by atomic mass is 127. The topological polar surface area (TPSA) is 49.6 Å². The standard InChI is InChI=1S/C17H25N3OS.HI/c1-4-13(2)20-17(18-10-9-15-6-5-11-21-15)19-12-16-8-7-14(3)22-16;/h5-8,11,13H,4,9-10,12H2,1-3H3,(H2,18,19,20);1H. The van der Waals surface area contributed by atoms with Gasteiger partial charge in [0.05, 0.1) is 12.8 Å². The molecule has 0 spiro atoms. The van der Waals surface area contributed by atoms with Crippen molar-refractivity contribution in [2.45, 2.75) is 46.2 Å². The van der Waals surface area contributed by atoms with Gasteiger partial charge in [-0.1, -0.05) is 6.92 Å². The lowest BCUT2D eigenvalue weighted by atomic mass is 10.3. The average molecular weight is 447 g/mol. The Bertz CT molecular complexity index is 580. The van der Waals surface area contributed by atoms with Crippen molar-refractivity contribution in [3.63, 3.8) is 0 Å². The minimum absolute atomic E-state index is 0. The fourth-order valence-corrected chi connectivity index (χ4v) is 2.79. The molecule has 1 atom stereocenters. The van der Waals surface area contributed by atoms with E-state index in [2.05, 4.69) is 48.5 Å². The molecule has 2 N–H and O–H groups in total. The van der Waals surface area contributed by atoms with Crippen LogP contribution < -0.4 is 10.6 Å². The highest BCUT2D eigenvalue weighted by molar-refractivity contribution is 14.0. The normalized spacial score (nSPS) is 12.6. The van der Waals surface area contributed by atoms with E-state index in [9.17, 15) is 0 Å². The largest absolute Gasteiger partial charge is 0.469 e. The number of aliphatic imine (C=N–C) groups is 1. The van der Waals surface area contributed by atoms with Crippen molar-refractivity contribution in [1.82, 2.24) is 10.6 Å². The summed E-state index contributed by atoms with van der Waals surface area (Å²) >= 11 is 1.80. The van der Waals surface area contributed by atoms with Gasteiger partial charge in [-0.05, 0) is 44.5 Å². The zero-order valence-electron chi connectivity index (χ0n) is 14.0. The van der Waals surface area contributed by atoms with E-state index in [-0.39, 0.29) is 24.0 Å². The van der Waals surface area contributed by atoms with Gasteiger partial charge in [0.15, 0.2) is 5.96 Å². The molecular weight excluding hydrogens is 421 g/mol. The summed E-state index contributed by atoms with van der Waals surface area (Å²) in [5, 5.41) is 6.82. The molecule has 2 aromatic heterocycles. The molecule has 6 heteroatoms. The van der Waals surface area contributed by atoms with E-state index in [0.717, 1.165) is 31.1 Å². The van der Waals surface area contributed by atoms with Crippen molar-refractivity contribution in [2.75, 3.05) is 6.54 Å². The summed E-state index contributed by atoms with van der Waals surface area (Å²) in [7, 11) is 0. The van der Waals surface area contributed by atoms with Gasteiger partial charge in [-0.3, -0.25) is 0 Å². The van der Waals surface area contributed by atoms with Crippen LogP contribution in [0.3, 0.4) is 0 Å². The van der Waals surface area contributed by atoms with E-state index >= 15 is 0 Å². The number of rotatable bonds is 7. The second kappa shape index (κ2) is 10.7. The number of hydrogen-bond donors (Lipinski definition) is 2. The predicted molar refractivity (Wildman–Crippen MR) is 109 cm³/mol. The summed E-state index contributed by atoms with van der Waals surface area (Å²) < 4.78 is 5.35. The smallest absolute Gasteiger partial charge is 0.191 e. The lowest BCUT2D eigenvalue weighted by Gasteiger charge is -2.16. The third-order valence-electron chi connectivity index (χ3n) is 3.43. The third-order valence-corrected chi connectivity index (χ3v) is 4.41. The van der Waals surface area contributed by atoms with E-state index in [4.69, 9.17) is 4.42 Å². The van der Waals surface area contributed by atoms with E-state index in [1.165, 1.54) is 9.75 Å². The molecule has 0 saturated carbocycles. The van der Waals surface area contributed by atoms with Crippen LogP contribution in [0.1, 0.15) is 35.8 Å². The van der Waals surface area contributed by atoms with Crippen LogP contribution in [0.5, 0.6) is 0 Å². The van der Waals surface area contributed by atoms with Crippen LogP contribution in [0.4, 0.5) is 0 Å². The summed E-state index contributed by atoms with van der Waals surface area (Å²) in [4.78, 5) is 7.30. The van der Waals surface area contributed by atoms with Gasteiger partial charge >= 0.3 is 0 Å². The van der Waals surface area contributed by atoms with Gasteiger partial charge in [-0.15, -0.1) is 35.3 Å². The summed E-state index contributed by atoms with van der Waals surface area (Å²) in [6.45, 7) is 7.97. The van der Waals surface area contributed by atoms with E-state index in [1.54, 1.807) is 17.6 Å². The lowest BCUT2D eigenvalue weighted by Crippen LogP contribution is -2.42. The maximum Gasteiger partial charge on any atom is 0.191 e. The molecule has 0 fully saturated rings. The third kappa shape index (κ3) is 7.39. The fourth-order valence-electron chi connectivity index (χ4n) is 1.97. The van der Waals surface area contributed by atoms with Gasteiger partial charge in [0.1, 0.15) is 5.76 Å². The van der Waals surface area contributed by atoms with Gasteiger partial charge in [-0.25, -0.2) is 4.99 Å². The van der Waals surface area contributed by atoms with E-state index in [0.29, 0.717) is 12.6 Å². The summed E-state index contributed by atoms with van der Waals surface area (Å²) in [6, 6.07) is 8.60. The summed E-state index contributed by atoms with van der Waals surface area (Å²) in [5.41, 5.74) is 0. The summed E-state index contributed by atoms with van der Waals surface area (Å²) in [5.74, 6) is 1.86. The number of aryl methyl sites for hydroxylation is 1. The Labute approximate surface area is 159 Å². The molecule has 4 nitrogen and oxygen atoms in total. The Kier molecular flexibility index (Phi) is 9.31. The number of nitrogens with zero attached hydrogens (tertiary/aromatic N) is 1. The fraction of sp³-hybridized carbons (Fsp3) is 0.471. The number of nitrogens with one attached hydrogen (secondary N) is 2. The summed E-state index contributed by atoms with van der Waals surface area (Å²) in [6.07, 6.45) is 3.63. The number of halogens is 1. The first-order valence-electron chi connectivity index (χ1n) is 7.80. The molecule has 2 heterocycles. The molecule has 0 radical (unpaired) electrons. The van der Waals surface area contributed by atoms with Crippen molar-refractivity contribution in [1.29, 1.82) is 0 Å². The monoisotopic (exact) mass is 447 g/mol. The van der Waals surface area contributed by atoms with E-state index in [1.807, 2.05) is 12.1 Å². The Balaban J connectivity index is 0.00000264. The van der Waals surface area contributed by atoms with Crippen molar-refractivity contribution in [3.8, 4) is 0 Å². The first kappa shape index (κ1) is 20.0. The van der Waals surface area contributed by atoms with Crippen molar-refractivity contribution in [3.05, 3.63) is 46.0 Å². The highest BCUT2D eigenvalue weighted by Crippen LogP contribution is 2.15. The molecule has 0 aromatic carbocycles. The Hall–Kier alpha value is -1.02. The molecular formula is C17H26IN3OS. The van der Waals surface area contributed by atoms with E-state index < -0.39 is 0 Å². The van der Waals surface area contributed by atoms with Crippen molar-refractivity contribution >= 4 is 41.3 Å². The molecule has 0 aliphatic rings. The minimum atomic E-state index is 0. The number of hydrogen-bond acceptors (Lipinski definition) is 3. The van der Waals surface area contributed by atoms with Crippen LogP contribution in [-0.2, 0) is 13.0 Å². The van der Waals surface area contributed by atoms with Crippen LogP contribution in [-0.4, -0.2) is 18.5 Å². The zero-order valence-corrected chi connectivity index (χ0v) is 17.1. The van der Waals surface area contributed by atoms with Crippen LogP contribution in [0.15, 0.2) is 39.9 Å². The van der Waals surface area contributed by atoms with Crippen LogP contribution in [0.25, 0.3) is 0 Å².